The van der Waals surface area contributed by atoms with Gasteiger partial charge < -0.3 is 10.4 Å². The van der Waals surface area contributed by atoms with Gasteiger partial charge in [-0.3, -0.25) is 0 Å². The molecule has 1 heterocycles. The lowest BCUT2D eigenvalue weighted by atomic mass is 9.90. The van der Waals surface area contributed by atoms with Crippen molar-refractivity contribution in [1.29, 1.82) is 0 Å². The molecule has 1 aromatic rings. The minimum Gasteiger partial charge on any atom is -0.392 e. The number of rotatable bonds is 3. The van der Waals surface area contributed by atoms with E-state index in [9.17, 15) is 0 Å². The Hall–Kier alpha value is -1.12. The van der Waals surface area contributed by atoms with Gasteiger partial charge in [0, 0.05) is 0 Å². The van der Waals surface area contributed by atoms with Gasteiger partial charge in [-0.1, -0.05) is 36.4 Å². The zero-order valence-electron chi connectivity index (χ0n) is 9.52. The summed E-state index contributed by atoms with van der Waals surface area (Å²) in [5.74, 6) is 0.720. The molecule has 0 atom stereocenters. The highest BCUT2D eigenvalue weighted by molar-refractivity contribution is 5.49. The molecule has 2 N–H and O–H groups in total. The van der Waals surface area contributed by atoms with Crippen molar-refractivity contribution in [2.75, 3.05) is 19.7 Å². The molecule has 1 aromatic carbocycles. The lowest BCUT2D eigenvalue weighted by Crippen LogP contribution is -2.26. The van der Waals surface area contributed by atoms with Crippen molar-refractivity contribution in [1.82, 2.24) is 5.32 Å². The van der Waals surface area contributed by atoms with E-state index in [-0.39, 0.29) is 6.61 Å². The van der Waals surface area contributed by atoms with Crippen LogP contribution in [0.4, 0.5) is 0 Å². The zero-order chi connectivity index (χ0) is 11.2. The fraction of sp³-hybridized carbons (Fsp3) is 0.429. The summed E-state index contributed by atoms with van der Waals surface area (Å²) < 4.78 is 0. The van der Waals surface area contributed by atoms with Crippen LogP contribution < -0.4 is 5.32 Å². The molecule has 1 saturated heterocycles. The van der Waals surface area contributed by atoms with Crippen LogP contribution in [0.25, 0.3) is 6.08 Å². The number of piperidine rings is 1. The van der Waals surface area contributed by atoms with E-state index >= 15 is 0 Å². The topological polar surface area (TPSA) is 32.3 Å². The second-order valence-electron chi connectivity index (χ2n) is 4.28. The van der Waals surface area contributed by atoms with Crippen molar-refractivity contribution in [3.8, 4) is 0 Å². The number of aliphatic hydroxyl groups excluding tert-OH is 1. The van der Waals surface area contributed by atoms with Crippen molar-refractivity contribution >= 4 is 6.08 Å². The monoisotopic (exact) mass is 217 g/mol. The molecule has 16 heavy (non-hydrogen) atoms. The van der Waals surface area contributed by atoms with Crippen molar-refractivity contribution in [3.05, 3.63) is 41.5 Å². The van der Waals surface area contributed by atoms with Gasteiger partial charge in [-0.25, -0.2) is 0 Å². The first kappa shape index (κ1) is 11.4. The van der Waals surface area contributed by atoms with Crippen molar-refractivity contribution in [3.63, 3.8) is 0 Å². The first-order chi connectivity index (χ1) is 7.90. The second-order valence-corrected chi connectivity index (χ2v) is 4.28. The summed E-state index contributed by atoms with van der Waals surface area (Å²) in [4.78, 5) is 0. The highest BCUT2D eigenvalue weighted by Gasteiger charge is 2.14. The lowest BCUT2D eigenvalue weighted by molar-refractivity contribution is 0.343. The molecule has 0 unspecified atom stereocenters. The molecule has 1 fully saturated rings. The van der Waals surface area contributed by atoms with Crippen molar-refractivity contribution in [2.24, 2.45) is 0 Å². The van der Waals surface area contributed by atoms with E-state index in [1.54, 1.807) is 6.08 Å². The third-order valence-corrected chi connectivity index (χ3v) is 3.16. The predicted molar refractivity (Wildman–Crippen MR) is 67.4 cm³/mol. The summed E-state index contributed by atoms with van der Waals surface area (Å²) in [5, 5.41) is 12.1. The Morgan fingerprint density at radius 2 is 1.88 bits per heavy atom. The van der Waals surface area contributed by atoms with Gasteiger partial charge in [0.15, 0.2) is 0 Å². The Labute approximate surface area is 97.0 Å². The Kier molecular flexibility index (Phi) is 4.14. The van der Waals surface area contributed by atoms with Crippen LogP contribution in [0.3, 0.4) is 0 Å². The summed E-state index contributed by atoms with van der Waals surface area (Å²) in [6.07, 6.45) is 6.20. The highest BCUT2D eigenvalue weighted by atomic mass is 16.2. The highest BCUT2D eigenvalue weighted by Crippen LogP contribution is 2.25. The van der Waals surface area contributed by atoms with Gasteiger partial charge in [-0.2, -0.15) is 0 Å². The normalized spacial score (nSPS) is 18.1. The van der Waals surface area contributed by atoms with Gasteiger partial charge >= 0.3 is 0 Å². The van der Waals surface area contributed by atoms with Gasteiger partial charge in [0.25, 0.3) is 0 Å². The molecule has 0 aromatic heterocycles. The average Bonchev–Trinajstić information content (AvgIpc) is 2.38. The SMILES string of the molecule is OCC=Cc1ccc(C2CCNCC2)cc1. The molecule has 1 aliphatic heterocycles. The van der Waals surface area contributed by atoms with Crippen LogP contribution in [0.2, 0.25) is 0 Å². The Morgan fingerprint density at radius 3 is 2.50 bits per heavy atom. The molecule has 1 aliphatic rings. The van der Waals surface area contributed by atoms with E-state index in [0.717, 1.165) is 24.6 Å². The Morgan fingerprint density at radius 1 is 1.19 bits per heavy atom. The van der Waals surface area contributed by atoms with Gasteiger partial charge in [-0.05, 0) is 43.0 Å². The Bertz CT molecular complexity index is 336. The maximum absolute atomic E-state index is 8.69. The van der Waals surface area contributed by atoms with E-state index in [0.29, 0.717) is 0 Å². The molecule has 2 nitrogen and oxygen atoms in total. The molecule has 0 bridgehead atoms. The maximum atomic E-state index is 8.69. The van der Waals surface area contributed by atoms with Gasteiger partial charge in [-0.15, -0.1) is 0 Å². The molecular formula is C14H19NO. The molecule has 0 saturated carbocycles. The molecule has 2 rings (SSSR count). The van der Waals surface area contributed by atoms with E-state index in [4.69, 9.17) is 5.11 Å². The van der Waals surface area contributed by atoms with E-state index in [1.807, 2.05) is 6.08 Å². The zero-order valence-corrected chi connectivity index (χ0v) is 9.52. The Balaban J connectivity index is 2.03. The third kappa shape index (κ3) is 2.94. The fourth-order valence-electron chi connectivity index (χ4n) is 2.22. The first-order valence-electron chi connectivity index (χ1n) is 5.98. The van der Waals surface area contributed by atoms with Crippen molar-refractivity contribution in [2.45, 2.75) is 18.8 Å². The molecule has 86 valence electrons. The number of hydrogen-bond donors (Lipinski definition) is 2. The van der Waals surface area contributed by atoms with Crippen molar-refractivity contribution < 1.29 is 5.11 Å². The average molecular weight is 217 g/mol. The molecule has 0 radical (unpaired) electrons. The van der Waals surface area contributed by atoms with Crippen LogP contribution in [-0.2, 0) is 0 Å². The summed E-state index contributed by atoms with van der Waals surface area (Å²) >= 11 is 0. The first-order valence-corrected chi connectivity index (χ1v) is 5.98. The summed E-state index contributed by atoms with van der Waals surface area (Å²) in [6.45, 7) is 2.38. The quantitative estimate of drug-likeness (QED) is 0.813. The van der Waals surface area contributed by atoms with Crippen LogP contribution in [0.15, 0.2) is 30.3 Å². The molecule has 0 amide bonds. The number of benzene rings is 1. The number of nitrogens with one attached hydrogen (secondary N) is 1. The van der Waals surface area contributed by atoms with Crippen LogP contribution in [0, 0.1) is 0 Å². The third-order valence-electron chi connectivity index (χ3n) is 3.16. The van der Waals surface area contributed by atoms with Gasteiger partial charge in [0.2, 0.25) is 0 Å². The van der Waals surface area contributed by atoms with E-state index in [2.05, 4.69) is 29.6 Å². The predicted octanol–water partition coefficient (Wildman–Crippen LogP) is 2.16. The minimum absolute atomic E-state index is 0.107. The van der Waals surface area contributed by atoms with Gasteiger partial charge in [0.05, 0.1) is 6.61 Å². The smallest absolute Gasteiger partial charge is 0.0615 e. The standard InChI is InChI=1S/C14H19NO/c16-11-1-2-12-3-5-13(6-4-12)14-7-9-15-10-8-14/h1-6,14-16H,7-11H2. The van der Waals surface area contributed by atoms with Crippen LogP contribution in [-0.4, -0.2) is 24.8 Å². The lowest BCUT2D eigenvalue weighted by Gasteiger charge is -2.22. The summed E-state index contributed by atoms with van der Waals surface area (Å²) in [5.41, 5.74) is 2.61. The largest absolute Gasteiger partial charge is 0.392 e. The fourth-order valence-corrected chi connectivity index (χ4v) is 2.22. The molecule has 2 heteroatoms. The maximum Gasteiger partial charge on any atom is 0.0615 e. The summed E-state index contributed by atoms with van der Waals surface area (Å²) in [6, 6.07) is 8.69. The number of aliphatic hydroxyl groups is 1. The van der Waals surface area contributed by atoms with Crippen LogP contribution in [0.5, 0.6) is 0 Å². The van der Waals surface area contributed by atoms with Crippen LogP contribution in [0.1, 0.15) is 29.9 Å². The molecular weight excluding hydrogens is 198 g/mol. The van der Waals surface area contributed by atoms with Gasteiger partial charge in [0.1, 0.15) is 0 Å². The van der Waals surface area contributed by atoms with E-state index in [1.165, 1.54) is 18.4 Å². The molecule has 0 spiro atoms. The summed E-state index contributed by atoms with van der Waals surface area (Å²) in [7, 11) is 0. The second kappa shape index (κ2) is 5.83. The van der Waals surface area contributed by atoms with Crippen LogP contribution >= 0.6 is 0 Å². The molecule has 0 aliphatic carbocycles. The minimum atomic E-state index is 0.107. The van der Waals surface area contributed by atoms with E-state index < -0.39 is 0 Å². The number of hydrogen-bond acceptors (Lipinski definition) is 2.